The van der Waals surface area contributed by atoms with E-state index in [9.17, 15) is 0 Å². The van der Waals surface area contributed by atoms with Crippen LogP contribution in [0.1, 0.15) is 11.4 Å². The van der Waals surface area contributed by atoms with E-state index in [0.29, 0.717) is 16.5 Å². The molecule has 3 heterocycles. The van der Waals surface area contributed by atoms with Crippen molar-refractivity contribution in [2.24, 2.45) is 14.1 Å². The average Bonchev–Trinajstić information content (AvgIpc) is 3.04. The topological polar surface area (TPSA) is 61.7 Å². The second kappa shape index (κ2) is 4.49. The summed E-state index contributed by atoms with van der Waals surface area (Å²) in [4.78, 5) is 0. The van der Waals surface area contributed by atoms with E-state index in [1.54, 1.807) is 21.8 Å². The van der Waals surface area contributed by atoms with Crippen LogP contribution in [-0.2, 0) is 14.1 Å². The van der Waals surface area contributed by atoms with Crippen LogP contribution < -0.4 is 0 Å². The highest BCUT2D eigenvalue weighted by atomic mass is 35.5. The minimum Gasteiger partial charge on any atom is -0.354 e. The van der Waals surface area contributed by atoms with Gasteiger partial charge >= 0.3 is 0 Å². The molecule has 0 saturated carbocycles. The van der Waals surface area contributed by atoms with Crippen molar-refractivity contribution >= 4 is 11.6 Å². The molecule has 0 fully saturated rings. The minimum absolute atomic E-state index is 0.484. The maximum Gasteiger partial charge on any atom is 0.189 e. The van der Waals surface area contributed by atoms with E-state index in [0.717, 1.165) is 22.5 Å². The largest absolute Gasteiger partial charge is 0.354 e. The molecule has 0 amide bonds. The van der Waals surface area contributed by atoms with Gasteiger partial charge in [0.25, 0.3) is 0 Å². The van der Waals surface area contributed by atoms with E-state index in [2.05, 4.69) is 15.4 Å². The van der Waals surface area contributed by atoms with Gasteiger partial charge in [0.1, 0.15) is 10.7 Å². The van der Waals surface area contributed by atoms with Crippen LogP contribution in [0.5, 0.6) is 0 Å². The van der Waals surface area contributed by atoms with Gasteiger partial charge in [0.05, 0.1) is 18.0 Å². The number of hydrogen-bond acceptors (Lipinski definition) is 4. The van der Waals surface area contributed by atoms with Crippen LogP contribution in [0.4, 0.5) is 0 Å². The number of nitrogens with zero attached hydrogens (tertiary/aromatic N) is 5. The first-order valence-corrected chi connectivity index (χ1v) is 6.51. The summed E-state index contributed by atoms with van der Waals surface area (Å²) < 4.78 is 8.96. The Morgan fingerprint density at radius 1 is 1.00 bits per heavy atom. The lowest BCUT2D eigenvalue weighted by Crippen LogP contribution is -1.92. The zero-order valence-electron chi connectivity index (χ0n) is 11.7. The molecule has 0 aromatic carbocycles. The summed E-state index contributed by atoms with van der Waals surface area (Å²) in [7, 11) is 3.74. The molecule has 0 spiro atoms. The molecule has 3 aromatic rings. The van der Waals surface area contributed by atoms with Crippen LogP contribution in [0.15, 0.2) is 16.9 Å². The fourth-order valence-corrected chi connectivity index (χ4v) is 2.34. The van der Waals surface area contributed by atoms with Crippen molar-refractivity contribution in [2.45, 2.75) is 13.8 Å². The standard InChI is InChI=1S/C13H14ClN5O/c1-7-9(5-15-18(7)3)12-11(14)13(20-17-12)10-6-16-19(4)8(10)2/h5-6H,1-4H3. The van der Waals surface area contributed by atoms with Crippen LogP contribution in [0.3, 0.4) is 0 Å². The van der Waals surface area contributed by atoms with Gasteiger partial charge in [-0.2, -0.15) is 10.2 Å². The smallest absolute Gasteiger partial charge is 0.189 e. The maximum atomic E-state index is 6.43. The third-order valence-corrected chi connectivity index (χ3v) is 3.96. The highest BCUT2D eigenvalue weighted by Crippen LogP contribution is 2.38. The van der Waals surface area contributed by atoms with Gasteiger partial charge in [0, 0.05) is 31.0 Å². The molecule has 0 unspecified atom stereocenters. The molecule has 3 aromatic heterocycles. The Balaban J connectivity index is 2.14. The van der Waals surface area contributed by atoms with E-state index in [1.807, 2.05) is 27.9 Å². The monoisotopic (exact) mass is 291 g/mol. The van der Waals surface area contributed by atoms with Crippen molar-refractivity contribution in [3.63, 3.8) is 0 Å². The Labute approximate surface area is 120 Å². The van der Waals surface area contributed by atoms with Gasteiger partial charge in [0.15, 0.2) is 5.76 Å². The molecule has 7 heteroatoms. The number of aryl methyl sites for hydroxylation is 2. The van der Waals surface area contributed by atoms with Gasteiger partial charge < -0.3 is 4.52 Å². The summed E-state index contributed by atoms with van der Waals surface area (Å²) in [5.41, 5.74) is 4.27. The van der Waals surface area contributed by atoms with Gasteiger partial charge in [-0.1, -0.05) is 16.8 Å². The zero-order valence-corrected chi connectivity index (χ0v) is 12.4. The first-order chi connectivity index (χ1) is 9.50. The SMILES string of the molecule is Cc1c(-c2noc(-c3cnn(C)c3C)c2Cl)cnn1C. The molecular formula is C13H14ClN5O. The van der Waals surface area contributed by atoms with Crippen molar-refractivity contribution in [3.05, 3.63) is 28.8 Å². The Morgan fingerprint density at radius 2 is 1.55 bits per heavy atom. The molecule has 0 aliphatic rings. The van der Waals surface area contributed by atoms with Crippen LogP contribution >= 0.6 is 11.6 Å². The Hall–Kier alpha value is -2.08. The quantitative estimate of drug-likeness (QED) is 0.728. The van der Waals surface area contributed by atoms with E-state index in [4.69, 9.17) is 16.1 Å². The van der Waals surface area contributed by atoms with Crippen molar-refractivity contribution in [1.82, 2.24) is 24.7 Å². The summed E-state index contributed by atoms with van der Waals surface area (Å²) in [5, 5.41) is 13.0. The molecule has 0 N–H and O–H groups in total. The van der Waals surface area contributed by atoms with Crippen LogP contribution in [0, 0.1) is 13.8 Å². The van der Waals surface area contributed by atoms with Crippen LogP contribution in [0.25, 0.3) is 22.6 Å². The first-order valence-electron chi connectivity index (χ1n) is 6.13. The second-order valence-electron chi connectivity index (χ2n) is 4.71. The predicted octanol–water partition coefficient (Wildman–Crippen LogP) is 2.75. The van der Waals surface area contributed by atoms with Crippen molar-refractivity contribution in [3.8, 4) is 22.6 Å². The lowest BCUT2D eigenvalue weighted by molar-refractivity contribution is 0.434. The molecule has 0 saturated heterocycles. The predicted molar refractivity (Wildman–Crippen MR) is 75.4 cm³/mol. The van der Waals surface area contributed by atoms with E-state index in [-0.39, 0.29) is 0 Å². The number of aromatic nitrogens is 5. The highest BCUT2D eigenvalue weighted by molar-refractivity contribution is 6.35. The second-order valence-corrected chi connectivity index (χ2v) is 5.09. The average molecular weight is 292 g/mol. The van der Waals surface area contributed by atoms with E-state index in [1.165, 1.54) is 0 Å². The fourth-order valence-electron chi connectivity index (χ4n) is 2.07. The molecule has 20 heavy (non-hydrogen) atoms. The normalized spacial score (nSPS) is 11.2. The molecule has 0 aliphatic carbocycles. The third-order valence-electron chi connectivity index (χ3n) is 3.61. The maximum absolute atomic E-state index is 6.43. The molecule has 0 atom stereocenters. The molecule has 0 aliphatic heterocycles. The number of halogens is 1. The van der Waals surface area contributed by atoms with Crippen LogP contribution in [-0.4, -0.2) is 24.7 Å². The Morgan fingerprint density at radius 3 is 2.05 bits per heavy atom. The van der Waals surface area contributed by atoms with E-state index < -0.39 is 0 Å². The van der Waals surface area contributed by atoms with Gasteiger partial charge in [0.2, 0.25) is 0 Å². The van der Waals surface area contributed by atoms with Crippen molar-refractivity contribution < 1.29 is 4.52 Å². The summed E-state index contributed by atoms with van der Waals surface area (Å²) >= 11 is 6.43. The molecule has 6 nitrogen and oxygen atoms in total. The highest BCUT2D eigenvalue weighted by Gasteiger charge is 2.22. The number of rotatable bonds is 2. The molecule has 0 bridgehead atoms. The summed E-state index contributed by atoms with van der Waals surface area (Å²) in [5.74, 6) is 0.538. The number of hydrogen-bond donors (Lipinski definition) is 0. The van der Waals surface area contributed by atoms with Crippen molar-refractivity contribution in [2.75, 3.05) is 0 Å². The Kier molecular flexibility index (Phi) is 2.90. The van der Waals surface area contributed by atoms with Crippen molar-refractivity contribution in [1.29, 1.82) is 0 Å². The van der Waals surface area contributed by atoms with Crippen LogP contribution in [0.2, 0.25) is 5.02 Å². The van der Waals surface area contributed by atoms with Gasteiger partial charge in [-0.25, -0.2) is 0 Å². The third kappa shape index (κ3) is 1.76. The van der Waals surface area contributed by atoms with Gasteiger partial charge in [-0.05, 0) is 13.8 Å². The van der Waals surface area contributed by atoms with Gasteiger partial charge in [-0.15, -0.1) is 0 Å². The zero-order chi connectivity index (χ0) is 14.4. The first kappa shape index (κ1) is 12.9. The fraction of sp³-hybridized carbons (Fsp3) is 0.308. The molecule has 0 radical (unpaired) electrons. The lowest BCUT2D eigenvalue weighted by Gasteiger charge is -1.98. The Bertz CT molecular complexity index is 719. The summed E-state index contributed by atoms with van der Waals surface area (Å²) in [6.07, 6.45) is 3.46. The lowest BCUT2D eigenvalue weighted by atomic mass is 10.1. The molecule has 3 rings (SSSR count). The van der Waals surface area contributed by atoms with Gasteiger partial charge in [-0.3, -0.25) is 9.36 Å². The summed E-state index contributed by atoms with van der Waals surface area (Å²) in [6.45, 7) is 3.92. The minimum atomic E-state index is 0.484. The van der Waals surface area contributed by atoms with E-state index >= 15 is 0 Å². The molecular weight excluding hydrogens is 278 g/mol. The molecule has 104 valence electrons. The summed E-state index contributed by atoms with van der Waals surface area (Å²) in [6, 6.07) is 0.